The fourth-order valence-electron chi connectivity index (χ4n) is 3.14. The lowest BCUT2D eigenvalue weighted by Gasteiger charge is -2.33. The van der Waals surface area contributed by atoms with E-state index in [-0.39, 0.29) is 0 Å². The number of likely N-dealkylation sites (N-methyl/N-ethyl adjacent to an activating group) is 1. The minimum Gasteiger partial charge on any atom is -0.481 e. The van der Waals surface area contributed by atoms with Crippen molar-refractivity contribution < 1.29 is 9.47 Å². The second-order valence-electron chi connectivity index (χ2n) is 5.69. The lowest BCUT2D eigenvalue weighted by atomic mass is 9.87. The fraction of sp³-hybridized carbons (Fsp3) is 0.389. The molecule has 1 unspecified atom stereocenters. The van der Waals surface area contributed by atoms with E-state index in [1.165, 1.54) is 16.7 Å². The van der Waals surface area contributed by atoms with Gasteiger partial charge in [0.1, 0.15) is 0 Å². The predicted octanol–water partition coefficient (Wildman–Crippen LogP) is 3.31. The normalized spacial score (nSPS) is 17.9. The Morgan fingerprint density at radius 3 is 2.64 bits per heavy atom. The van der Waals surface area contributed by atoms with Gasteiger partial charge in [0, 0.05) is 24.2 Å². The quantitative estimate of drug-likeness (QED) is 0.870. The molecule has 0 radical (unpaired) electrons. The molecule has 0 fully saturated rings. The highest BCUT2D eigenvalue weighted by Gasteiger charge is 2.24. The molecule has 0 aliphatic carbocycles. The Balaban J connectivity index is 2.14. The molecule has 0 amide bonds. The van der Waals surface area contributed by atoms with Crippen LogP contribution >= 0.6 is 0 Å². The summed E-state index contributed by atoms with van der Waals surface area (Å²) < 4.78 is 10.7. The first-order valence-electron chi connectivity index (χ1n) is 7.57. The van der Waals surface area contributed by atoms with Gasteiger partial charge < -0.3 is 9.47 Å². The van der Waals surface area contributed by atoms with Crippen LogP contribution in [0, 0.1) is 0 Å². The SMILES string of the molecule is COc1ccc(-c2cccc3c2CCN(C)C3C)c(OC)n1. The molecule has 4 heteroatoms. The molecule has 0 bridgehead atoms. The Labute approximate surface area is 131 Å². The Hall–Kier alpha value is -2.07. The summed E-state index contributed by atoms with van der Waals surface area (Å²) in [4.78, 5) is 6.80. The lowest BCUT2D eigenvalue weighted by Crippen LogP contribution is -2.30. The van der Waals surface area contributed by atoms with Crippen molar-refractivity contribution in [3.63, 3.8) is 0 Å². The molecule has 1 aromatic carbocycles. The number of hydrogen-bond acceptors (Lipinski definition) is 4. The molecule has 0 N–H and O–H groups in total. The summed E-state index contributed by atoms with van der Waals surface area (Å²) >= 11 is 0. The van der Waals surface area contributed by atoms with Crippen LogP contribution in [0.2, 0.25) is 0 Å². The summed E-state index contributed by atoms with van der Waals surface area (Å²) in [5, 5.41) is 0. The third kappa shape index (κ3) is 2.44. The molecule has 1 aromatic heterocycles. The van der Waals surface area contributed by atoms with Crippen molar-refractivity contribution >= 4 is 0 Å². The molecule has 4 nitrogen and oxygen atoms in total. The highest BCUT2D eigenvalue weighted by Crippen LogP contribution is 2.38. The second kappa shape index (κ2) is 5.97. The first-order chi connectivity index (χ1) is 10.7. The highest BCUT2D eigenvalue weighted by molar-refractivity contribution is 5.74. The van der Waals surface area contributed by atoms with Gasteiger partial charge in [0.15, 0.2) is 0 Å². The number of methoxy groups -OCH3 is 2. The van der Waals surface area contributed by atoms with Crippen molar-refractivity contribution in [2.75, 3.05) is 27.8 Å². The molecule has 0 spiro atoms. The van der Waals surface area contributed by atoms with Gasteiger partial charge in [-0.3, -0.25) is 4.90 Å². The number of benzene rings is 1. The van der Waals surface area contributed by atoms with Crippen LogP contribution in [0.1, 0.15) is 24.1 Å². The number of fused-ring (bicyclic) bond motifs is 1. The van der Waals surface area contributed by atoms with E-state index < -0.39 is 0 Å². The van der Waals surface area contributed by atoms with Gasteiger partial charge in [0.2, 0.25) is 11.8 Å². The number of aromatic nitrogens is 1. The first kappa shape index (κ1) is 14.9. The molecular weight excluding hydrogens is 276 g/mol. The van der Waals surface area contributed by atoms with Crippen molar-refractivity contribution in [2.24, 2.45) is 0 Å². The molecule has 1 aliphatic heterocycles. The average molecular weight is 298 g/mol. The monoisotopic (exact) mass is 298 g/mol. The maximum atomic E-state index is 5.48. The summed E-state index contributed by atoms with van der Waals surface area (Å²) in [7, 11) is 5.44. The minimum absolute atomic E-state index is 0.431. The average Bonchev–Trinajstić information content (AvgIpc) is 2.57. The van der Waals surface area contributed by atoms with Gasteiger partial charge in [-0.15, -0.1) is 0 Å². The van der Waals surface area contributed by atoms with E-state index in [0.717, 1.165) is 18.5 Å². The third-order valence-corrected chi connectivity index (χ3v) is 4.57. The van der Waals surface area contributed by atoms with Crippen LogP contribution in [0.3, 0.4) is 0 Å². The van der Waals surface area contributed by atoms with Crippen LogP contribution < -0.4 is 9.47 Å². The van der Waals surface area contributed by atoms with Gasteiger partial charge in [-0.25, -0.2) is 0 Å². The molecule has 22 heavy (non-hydrogen) atoms. The van der Waals surface area contributed by atoms with E-state index in [2.05, 4.69) is 42.1 Å². The van der Waals surface area contributed by atoms with E-state index in [1.54, 1.807) is 14.2 Å². The molecule has 116 valence electrons. The fourth-order valence-corrected chi connectivity index (χ4v) is 3.14. The minimum atomic E-state index is 0.431. The number of nitrogens with zero attached hydrogens (tertiary/aromatic N) is 2. The highest BCUT2D eigenvalue weighted by atomic mass is 16.5. The van der Waals surface area contributed by atoms with Crippen molar-refractivity contribution in [2.45, 2.75) is 19.4 Å². The van der Waals surface area contributed by atoms with Crippen LogP contribution in [-0.4, -0.2) is 37.7 Å². The molecule has 3 rings (SSSR count). The van der Waals surface area contributed by atoms with Crippen LogP contribution in [-0.2, 0) is 6.42 Å². The molecule has 1 aliphatic rings. The van der Waals surface area contributed by atoms with Gasteiger partial charge in [-0.1, -0.05) is 18.2 Å². The largest absolute Gasteiger partial charge is 0.481 e. The first-order valence-corrected chi connectivity index (χ1v) is 7.57. The molecule has 2 heterocycles. The zero-order valence-electron chi connectivity index (χ0n) is 13.6. The summed E-state index contributed by atoms with van der Waals surface area (Å²) in [6.07, 6.45) is 1.04. The van der Waals surface area contributed by atoms with Crippen molar-refractivity contribution in [1.29, 1.82) is 0 Å². The number of hydrogen-bond donors (Lipinski definition) is 0. The number of pyridine rings is 1. The van der Waals surface area contributed by atoms with E-state index in [0.29, 0.717) is 17.8 Å². The van der Waals surface area contributed by atoms with Crippen molar-refractivity contribution in [1.82, 2.24) is 9.88 Å². The van der Waals surface area contributed by atoms with Crippen LogP contribution in [0.15, 0.2) is 30.3 Å². The Morgan fingerprint density at radius 2 is 1.91 bits per heavy atom. The van der Waals surface area contributed by atoms with Gasteiger partial charge in [0.05, 0.1) is 14.2 Å². The Bertz CT molecular complexity index is 685. The molecule has 2 aromatic rings. The molecule has 1 atom stereocenters. The number of rotatable bonds is 3. The van der Waals surface area contributed by atoms with Crippen molar-refractivity contribution in [3.05, 3.63) is 41.5 Å². The van der Waals surface area contributed by atoms with Crippen molar-refractivity contribution in [3.8, 4) is 22.9 Å². The van der Waals surface area contributed by atoms with E-state index in [4.69, 9.17) is 9.47 Å². The van der Waals surface area contributed by atoms with E-state index in [9.17, 15) is 0 Å². The van der Waals surface area contributed by atoms with Gasteiger partial charge in [0.25, 0.3) is 0 Å². The van der Waals surface area contributed by atoms with Crippen LogP contribution in [0.25, 0.3) is 11.1 Å². The van der Waals surface area contributed by atoms with Crippen LogP contribution in [0.5, 0.6) is 11.8 Å². The zero-order valence-corrected chi connectivity index (χ0v) is 13.6. The summed E-state index contributed by atoms with van der Waals surface area (Å²) in [5.74, 6) is 1.18. The zero-order chi connectivity index (χ0) is 15.7. The molecule has 0 saturated carbocycles. The van der Waals surface area contributed by atoms with Gasteiger partial charge in [-0.2, -0.15) is 4.98 Å². The smallest absolute Gasteiger partial charge is 0.224 e. The summed E-state index contributed by atoms with van der Waals surface area (Å²) in [6, 6.07) is 10.8. The topological polar surface area (TPSA) is 34.6 Å². The maximum Gasteiger partial charge on any atom is 0.224 e. The maximum absolute atomic E-state index is 5.48. The van der Waals surface area contributed by atoms with Crippen LogP contribution in [0.4, 0.5) is 0 Å². The Kier molecular flexibility index (Phi) is 4.03. The van der Waals surface area contributed by atoms with E-state index >= 15 is 0 Å². The second-order valence-corrected chi connectivity index (χ2v) is 5.69. The standard InChI is InChI=1S/C18H22N2O2/c1-12-13-6-5-7-14(15(13)10-11-20(12)2)16-8-9-17(21-3)19-18(16)22-4/h5-9,12H,10-11H2,1-4H3. The van der Waals surface area contributed by atoms with Gasteiger partial charge in [-0.05, 0) is 43.1 Å². The number of ether oxygens (including phenoxy) is 2. The molecule has 0 saturated heterocycles. The van der Waals surface area contributed by atoms with Gasteiger partial charge >= 0.3 is 0 Å². The summed E-state index contributed by atoms with van der Waals surface area (Å²) in [5.41, 5.74) is 5.03. The summed E-state index contributed by atoms with van der Waals surface area (Å²) in [6.45, 7) is 3.32. The Morgan fingerprint density at radius 1 is 1.09 bits per heavy atom. The predicted molar refractivity (Wildman–Crippen MR) is 87.5 cm³/mol. The lowest BCUT2D eigenvalue weighted by molar-refractivity contribution is 0.248. The van der Waals surface area contributed by atoms with E-state index in [1.807, 2.05) is 12.1 Å². The third-order valence-electron chi connectivity index (χ3n) is 4.57. The molecular formula is C18H22N2O2.